The van der Waals surface area contributed by atoms with Crippen molar-refractivity contribution in [2.75, 3.05) is 6.61 Å². The number of piperidine rings is 2. The van der Waals surface area contributed by atoms with E-state index in [9.17, 15) is 9.59 Å². The van der Waals surface area contributed by atoms with Gasteiger partial charge in [0.25, 0.3) is 0 Å². The van der Waals surface area contributed by atoms with Gasteiger partial charge in [-0.15, -0.1) is 0 Å². The molecule has 6 rings (SSSR count). The van der Waals surface area contributed by atoms with Gasteiger partial charge < -0.3 is 9.64 Å². The first-order valence-corrected chi connectivity index (χ1v) is 13.9. The van der Waals surface area contributed by atoms with E-state index < -0.39 is 0 Å². The molecule has 4 heteroatoms. The third-order valence-electron chi connectivity index (χ3n) is 9.18. The molecular formula is C31H37NO3. The Labute approximate surface area is 209 Å². The van der Waals surface area contributed by atoms with E-state index in [0.717, 1.165) is 44.9 Å². The first-order valence-electron chi connectivity index (χ1n) is 13.9. The first-order chi connectivity index (χ1) is 17.2. The van der Waals surface area contributed by atoms with Crippen LogP contribution >= 0.6 is 0 Å². The molecule has 2 aliphatic carbocycles. The second kappa shape index (κ2) is 9.79. The molecule has 3 fully saturated rings. The fraction of sp³-hybridized carbons (Fsp3) is 0.548. The van der Waals surface area contributed by atoms with Crippen molar-refractivity contribution >= 4 is 11.9 Å². The SMILES string of the molecule is O=C(C1CCCCCC1)C1CC2CCCC(C1)N2C(=O)OCC1c2ccccc2-c2ccccc21. The Hall–Kier alpha value is -2.62. The highest BCUT2D eigenvalue weighted by atomic mass is 16.6. The van der Waals surface area contributed by atoms with E-state index in [-0.39, 0.29) is 35.9 Å². The molecule has 2 aromatic rings. The lowest BCUT2D eigenvalue weighted by atomic mass is 9.73. The second-order valence-electron chi connectivity index (χ2n) is 11.2. The van der Waals surface area contributed by atoms with E-state index >= 15 is 0 Å². The lowest BCUT2D eigenvalue weighted by molar-refractivity contribution is -0.131. The van der Waals surface area contributed by atoms with Gasteiger partial charge in [0.05, 0.1) is 0 Å². The maximum Gasteiger partial charge on any atom is 0.410 e. The summed E-state index contributed by atoms with van der Waals surface area (Å²) in [6.07, 6.45) is 11.7. The summed E-state index contributed by atoms with van der Waals surface area (Å²) in [5.74, 6) is 0.965. The van der Waals surface area contributed by atoms with Crippen LogP contribution in [0.1, 0.15) is 87.7 Å². The minimum atomic E-state index is -0.179. The Balaban J connectivity index is 1.14. The smallest absolute Gasteiger partial charge is 0.410 e. The number of hydrogen-bond acceptors (Lipinski definition) is 3. The minimum absolute atomic E-state index is 0.0838. The summed E-state index contributed by atoms with van der Waals surface area (Å²) >= 11 is 0. The van der Waals surface area contributed by atoms with Gasteiger partial charge in [0, 0.05) is 29.8 Å². The van der Waals surface area contributed by atoms with Gasteiger partial charge in [-0.1, -0.05) is 74.2 Å². The van der Waals surface area contributed by atoms with Crippen LogP contribution in [0.2, 0.25) is 0 Å². The monoisotopic (exact) mass is 471 g/mol. The van der Waals surface area contributed by atoms with E-state index in [1.165, 1.54) is 47.9 Å². The Kier molecular flexibility index (Phi) is 6.39. The number of carbonyl (C=O) groups is 2. The molecule has 2 heterocycles. The van der Waals surface area contributed by atoms with Crippen LogP contribution in [0.3, 0.4) is 0 Å². The fourth-order valence-corrected chi connectivity index (χ4v) is 7.48. The average Bonchev–Trinajstić information content (AvgIpc) is 3.01. The molecule has 4 aliphatic rings. The first kappa shape index (κ1) is 22.8. The zero-order valence-electron chi connectivity index (χ0n) is 20.7. The van der Waals surface area contributed by atoms with Gasteiger partial charge in [-0.3, -0.25) is 4.79 Å². The number of fused-ring (bicyclic) bond motifs is 5. The van der Waals surface area contributed by atoms with E-state index in [0.29, 0.717) is 12.4 Å². The maximum absolute atomic E-state index is 13.4. The topological polar surface area (TPSA) is 46.6 Å². The van der Waals surface area contributed by atoms with Gasteiger partial charge in [-0.05, 0) is 67.2 Å². The van der Waals surface area contributed by atoms with Crippen molar-refractivity contribution in [2.45, 2.75) is 88.6 Å². The molecule has 184 valence electrons. The fourth-order valence-electron chi connectivity index (χ4n) is 7.48. The molecule has 35 heavy (non-hydrogen) atoms. The number of rotatable bonds is 4. The van der Waals surface area contributed by atoms with Crippen LogP contribution in [0.15, 0.2) is 48.5 Å². The predicted molar refractivity (Wildman–Crippen MR) is 137 cm³/mol. The number of ketones is 1. The van der Waals surface area contributed by atoms with Gasteiger partial charge in [0.1, 0.15) is 12.4 Å². The predicted octanol–water partition coefficient (Wildman–Crippen LogP) is 7.11. The normalized spacial score (nSPS) is 26.5. The zero-order valence-corrected chi connectivity index (χ0v) is 20.7. The molecule has 0 radical (unpaired) electrons. The van der Waals surface area contributed by atoms with Crippen LogP contribution in [0.5, 0.6) is 0 Å². The van der Waals surface area contributed by atoms with Crippen LogP contribution in [0, 0.1) is 11.8 Å². The van der Waals surface area contributed by atoms with Crippen molar-refractivity contribution in [1.82, 2.24) is 4.90 Å². The molecule has 2 atom stereocenters. The molecule has 2 saturated heterocycles. The highest BCUT2D eigenvalue weighted by Gasteiger charge is 2.45. The van der Waals surface area contributed by atoms with Crippen LogP contribution in [0.4, 0.5) is 4.79 Å². The van der Waals surface area contributed by atoms with Gasteiger partial charge in [-0.25, -0.2) is 4.79 Å². The van der Waals surface area contributed by atoms with Crippen molar-refractivity contribution in [2.24, 2.45) is 11.8 Å². The maximum atomic E-state index is 13.4. The summed E-state index contributed by atoms with van der Waals surface area (Å²) in [5, 5.41) is 0. The summed E-state index contributed by atoms with van der Waals surface area (Å²) < 4.78 is 6.05. The summed E-state index contributed by atoms with van der Waals surface area (Å²) in [4.78, 5) is 28.9. The molecule has 2 unspecified atom stereocenters. The molecule has 2 aromatic carbocycles. The molecule has 1 amide bonds. The zero-order chi connectivity index (χ0) is 23.8. The highest BCUT2D eigenvalue weighted by Crippen LogP contribution is 2.45. The third-order valence-corrected chi connectivity index (χ3v) is 9.18. The van der Waals surface area contributed by atoms with Crippen LogP contribution in [-0.4, -0.2) is 35.5 Å². The highest BCUT2D eigenvalue weighted by molar-refractivity contribution is 5.84. The van der Waals surface area contributed by atoms with Gasteiger partial charge >= 0.3 is 6.09 Å². The Morgan fingerprint density at radius 2 is 1.29 bits per heavy atom. The van der Waals surface area contributed by atoms with Crippen molar-refractivity contribution < 1.29 is 14.3 Å². The number of nitrogens with zero attached hydrogens (tertiary/aromatic N) is 1. The Morgan fingerprint density at radius 3 is 1.89 bits per heavy atom. The largest absolute Gasteiger partial charge is 0.448 e. The van der Waals surface area contributed by atoms with Gasteiger partial charge in [0.2, 0.25) is 0 Å². The Morgan fingerprint density at radius 1 is 0.714 bits per heavy atom. The summed E-state index contributed by atoms with van der Waals surface area (Å²) in [7, 11) is 0. The number of Topliss-reactive ketones (excluding diaryl/α,β-unsaturated/α-hetero) is 1. The standard InChI is InChI=1S/C31H37NO3/c33-30(21-10-3-1-2-4-11-21)22-18-23-12-9-13-24(19-22)32(23)31(34)35-20-29-27-16-7-5-14-25(27)26-15-6-8-17-28(26)29/h5-8,14-17,21-24,29H,1-4,9-13,18-20H2. The molecule has 0 N–H and O–H groups in total. The van der Waals surface area contributed by atoms with Crippen molar-refractivity contribution in [3.63, 3.8) is 0 Å². The molecule has 0 spiro atoms. The van der Waals surface area contributed by atoms with E-state index in [1.54, 1.807) is 0 Å². The number of amides is 1. The number of benzene rings is 2. The summed E-state index contributed by atoms with van der Waals surface area (Å²) in [6, 6.07) is 17.2. The number of hydrogen-bond donors (Lipinski definition) is 0. The van der Waals surface area contributed by atoms with E-state index in [2.05, 4.69) is 48.5 Å². The second-order valence-corrected chi connectivity index (χ2v) is 11.2. The van der Waals surface area contributed by atoms with Crippen LogP contribution < -0.4 is 0 Å². The average molecular weight is 472 g/mol. The van der Waals surface area contributed by atoms with E-state index in [4.69, 9.17) is 4.74 Å². The quantitative estimate of drug-likeness (QED) is 0.447. The van der Waals surface area contributed by atoms with Crippen LogP contribution in [0.25, 0.3) is 11.1 Å². The van der Waals surface area contributed by atoms with Crippen molar-refractivity contribution in [3.8, 4) is 11.1 Å². The van der Waals surface area contributed by atoms with Crippen LogP contribution in [-0.2, 0) is 9.53 Å². The molecule has 1 saturated carbocycles. The van der Waals surface area contributed by atoms with Gasteiger partial charge in [-0.2, -0.15) is 0 Å². The molecule has 0 aromatic heterocycles. The Bertz CT molecular complexity index is 1030. The third kappa shape index (κ3) is 4.30. The molecule has 4 nitrogen and oxygen atoms in total. The molecule has 2 aliphatic heterocycles. The minimum Gasteiger partial charge on any atom is -0.448 e. The van der Waals surface area contributed by atoms with E-state index in [1.807, 2.05) is 4.90 Å². The summed E-state index contributed by atoms with van der Waals surface area (Å²) in [5.41, 5.74) is 4.99. The van der Waals surface area contributed by atoms with Gasteiger partial charge in [0.15, 0.2) is 0 Å². The lowest BCUT2D eigenvalue weighted by Crippen LogP contribution is -2.56. The number of carbonyl (C=O) groups excluding carboxylic acids is 2. The van der Waals surface area contributed by atoms with Crippen molar-refractivity contribution in [1.29, 1.82) is 0 Å². The molecule has 2 bridgehead atoms. The summed E-state index contributed by atoms with van der Waals surface area (Å²) in [6.45, 7) is 0.368. The van der Waals surface area contributed by atoms with Crippen molar-refractivity contribution in [3.05, 3.63) is 59.7 Å². The lowest BCUT2D eigenvalue weighted by Gasteiger charge is -2.48. The molecular weight excluding hydrogens is 434 g/mol. The number of ether oxygens (including phenoxy) is 1.